The molecule has 4 heteroatoms. The summed E-state index contributed by atoms with van der Waals surface area (Å²) in [6.45, 7) is 6.22. The maximum absolute atomic E-state index is 5.08. The maximum atomic E-state index is 5.08. The summed E-state index contributed by atoms with van der Waals surface area (Å²) in [5.41, 5.74) is 0. The number of unbranched alkanes of at least 4 members (excludes halogenated alkanes) is 1. The molecule has 1 rings (SSSR count). The van der Waals surface area contributed by atoms with E-state index in [-0.39, 0.29) is 0 Å². The van der Waals surface area contributed by atoms with E-state index in [2.05, 4.69) is 21.8 Å². The van der Waals surface area contributed by atoms with Crippen LogP contribution in [0.5, 0.6) is 0 Å². The molecule has 16 heavy (non-hydrogen) atoms. The Hall–Kier alpha value is -0.870. The van der Waals surface area contributed by atoms with Crippen molar-refractivity contribution in [2.24, 2.45) is 5.92 Å². The monoisotopic (exact) mass is 225 g/mol. The van der Waals surface area contributed by atoms with Crippen LogP contribution in [-0.2, 0) is 11.3 Å². The minimum Gasteiger partial charge on any atom is -0.384 e. The summed E-state index contributed by atoms with van der Waals surface area (Å²) in [5, 5.41) is 3.45. The predicted octanol–water partition coefficient (Wildman–Crippen LogP) is 1.54. The fourth-order valence-electron chi connectivity index (χ4n) is 1.66. The highest BCUT2D eigenvalue weighted by Crippen LogP contribution is 1.95. The van der Waals surface area contributed by atoms with E-state index < -0.39 is 0 Å². The van der Waals surface area contributed by atoms with Crippen molar-refractivity contribution in [2.45, 2.75) is 26.3 Å². The molecule has 1 heterocycles. The van der Waals surface area contributed by atoms with Gasteiger partial charge in [-0.1, -0.05) is 6.92 Å². The van der Waals surface area contributed by atoms with Crippen molar-refractivity contribution in [1.29, 1.82) is 0 Å². The van der Waals surface area contributed by atoms with Crippen molar-refractivity contribution in [2.75, 3.05) is 26.8 Å². The van der Waals surface area contributed by atoms with Gasteiger partial charge in [0.2, 0.25) is 0 Å². The summed E-state index contributed by atoms with van der Waals surface area (Å²) in [5.74, 6) is 0.596. The molecule has 0 aromatic carbocycles. The number of aryl methyl sites for hydroxylation is 1. The third-order valence-electron chi connectivity index (χ3n) is 2.52. The smallest absolute Gasteiger partial charge is 0.0945 e. The third-order valence-corrected chi connectivity index (χ3v) is 2.52. The van der Waals surface area contributed by atoms with Gasteiger partial charge in [0.15, 0.2) is 0 Å². The van der Waals surface area contributed by atoms with E-state index in [4.69, 9.17) is 4.74 Å². The van der Waals surface area contributed by atoms with Gasteiger partial charge in [-0.05, 0) is 31.8 Å². The predicted molar refractivity (Wildman–Crippen MR) is 65.4 cm³/mol. The van der Waals surface area contributed by atoms with Crippen LogP contribution in [-0.4, -0.2) is 36.4 Å². The van der Waals surface area contributed by atoms with Crippen LogP contribution in [0, 0.1) is 5.92 Å². The summed E-state index contributed by atoms with van der Waals surface area (Å²) in [6.07, 6.45) is 8.10. The molecule has 0 aliphatic heterocycles. The Morgan fingerprint density at radius 3 is 3.00 bits per heavy atom. The fourth-order valence-corrected chi connectivity index (χ4v) is 1.66. The van der Waals surface area contributed by atoms with Gasteiger partial charge < -0.3 is 14.6 Å². The van der Waals surface area contributed by atoms with E-state index in [1.54, 1.807) is 7.11 Å². The zero-order chi connectivity index (χ0) is 11.6. The topological polar surface area (TPSA) is 39.1 Å². The van der Waals surface area contributed by atoms with Crippen LogP contribution in [0.3, 0.4) is 0 Å². The molecule has 1 N–H and O–H groups in total. The molecule has 0 amide bonds. The molecule has 92 valence electrons. The molecular formula is C12H23N3O. The first kappa shape index (κ1) is 13.2. The summed E-state index contributed by atoms with van der Waals surface area (Å²) in [4.78, 5) is 4.01. The number of rotatable bonds is 9. The van der Waals surface area contributed by atoms with E-state index in [1.165, 1.54) is 12.8 Å². The lowest BCUT2D eigenvalue weighted by Crippen LogP contribution is -2.24. The Balaban J connectivity index is 1.88. The second-order valence-corrected chi connectivity index (χ2v) is 4.27. The Labute approximate surface area is 98.0 Å². The summed E-state index contributed by atoms with van der Waals surface area (Å²) in [7, 11) is 1.75. The first-order chi connectivity index (χ1) is 7.83. The molecule has 1 atom stereocenters. The number of nitrogens with zero attached hydrogens (tertiary/aromatic N) is 2. The van der Waals surface area contributed by atoms with Gasteiger partial charge in [0.1, 0.15) is 0 Å². The minimum atomic E-state index is 0.596. The van der Waals surface area contributed by atoms with Gasteiger partial charge in [0.05, 0.1) is 6.33 Å². The molecule has 1 aromatic heterocycles. The molecule has 0 aliphatic rings. The number of ether oxygens (including phenoxy) is 1. The minimum absolute atomic E-state index is 0.596. The second-order valence-electron chi connectivity index (χ2n) is 4.27. The van der Waals surface area contributed by atoms with Crippen molar-refractivity contribution < 1.29 is 4.74 Å². The number of nitrogens with one attached hydrogen (secondary N) is 1. The lowest BCUT2D eigenvalue weighted by Gasteiger charge is -2.11. The molecule has 1 aromatic rings. The number of hydrogen-bond acceptors (Lipinski definition) is 3. The molecule has 0 bridgehead atoms. The number of methoxy groups -OCH3 is 1. The molecule has 0 spiro atoms. The molecule has 0 saturated carbocycles. The van der Waals surface area contributed by atoms with E-state index in [1.807, 2.05) is 18.7 Å². The van der Waals surface area contributed by atoms with Crippen molar-refractivity contribution in [3.63, 3.8) is 0 Å². The van der Waals surface area contributed by atoms with Crippen molar-refractivity contribution in [1.82, 2.24) is 14.9 Å². The Kier molecular flexibility index (Phi) is 6.85. The Morgan fingerprint density at radius 1 is 1.44 bits per heavy atom. The molecule has 1 unspecified atom stereocenters. The molecule has 0 radical (unpaired) electrons. The average Bonchev–Trinajstić information content (AvgIpc) is 2.76. The van der Waals surface area contributed by atoms with Crippen molar-refractivity contribution in [3.05, 3.63) is 18.7 Å². The van der Waals surface area contributed by atoms with Crippen LogP contribution in [0.15, 0.2) is 18.7 Å². The lowest BCUT2D eigenvalue weighted by atomic mass is 10.2. The van der Waals surface area contributed by atoms with Gasteiger partial charge in [0, 0.05) is 32.7 Å². The summed E-state index contributed by atoms with van der Waals surface area (Å²) in [6, 6.07) is 0. The van der Waals surface area contributed by atoms with Gasteiger partial charge in [-0.25, -0.2) is 4.98 Å². The van der Waals surface area contributed by atoms with Gasteiger partial charge in [0.25, 0.3) is 0 Å². The van der Waals surface area contributed by atoms with E-state index in [0.29, 0.717) is 5.92 Å². The van der Waals surface area contributed by atoms with Crippen LogP contribution in [0.4, 0.5) is 0 Å². The van der Waals surface area contributed by atoms with Gasteiger partial charge in [-0.3, -0.25) is 0 Å². The molecule has 0 aliphatic carbocycles. The molecule has 0 fully saturated rings. The highest BCUT2D eigenvalue weighted by atomic mass is 16.5. The van der Waals surface area contributed by atoms with Crippen LogP contribution in [0.1, 0.15) is 19.8 Å². The van der Waals surface area contributed by atoms with Gasteiger partial charge >= 0.3 is 0 Å². The fraction of sp³-hybridized carbons (Fsp3) is 0.750. The van der Waals surface area contributed by atoms with Crippen molar-refractivity contribution >= 4 is 0 Å². The highest BCUT2D eigenvalue weighted by Gasteiger charge is 1.99. The van der Waals surface area contributed by atoms with Crippen LogP contribution >= 0.6 is 0 Å². The standard InChI is InChI=1S/C12H23N3O/c1-12(10-16-2)9-13-5-3-4-7-15-8-6-14-11-15/h6,8,11-13H,3-5,7,9-10H2,1-2H3. The van der Waals surface area contributed by atoms with Crippen LogP contribution in [0.2, 0.25) is 0 Å². The largest absolute Gasteiger partial charge is 0.384 e. The molecule has 4 nitrogen and oxygen atoms in total. The number of imidazole rings is 1. The zero-order valence-corrected chi connectivity index (χ0v) is 10.4. The summed E-state index contributed by atoms with van der Waals surface area (Å²) < 4.78 is 7.20. The summed E-state index contributed by atoms with van der Waals surface area (Å²) >= 11 is 0. The zero-order valence-electron chi connectivity index (χ0n) is 10.4. The normalized spacial score (nSPS) is 12.9. The number of hydrogen-bond donors (Lipinski definition) is 1. The first-order valence-electron chi connectivity index (χ1n) is 5.98. The number of aromatic nitrogens is 2. The van der Waals surface area contributed by atoms with Gasteiger partial charge in [-0.15, -0.1) is 0 Å². The Morgan fingerprint density at radius 2 is 2.31 bits per heavy atom. The molecular weight excluding hydrogens is 202 g/mol. The maximum Gasteiger partial charge on any atom is 0.0945 e. The highest BCUT2D eigenvalue weighted by molar-refractivity contribution is 4.73. The van der Waals surface area contributed by atoms with Crippen LogP contribution in [0.25, 0.3) is 0 Å². The van der Waals surface area contributed by atoms with E-state index >= 15 is 0 Å². The van der Waals surface area contributed by atoms with E-state index in [0.717, 1.165) is 26.2 Å². The quantitative estimate of drug-likeness (QED) is 0.648. The van der Waals surface area contributed by atoms with Crippen molar-refractivity contribution in [3.8, 4) is 0 Å². The third kappa shape index (κ3) is 5.88. The molecule has 0 saturated heterocycles. The first-order valence-corrected chi connectivity index (χ1v) is 5.98. The van der Waals surface area contributed by atoms with Crippen LogP contribution < -0.4 is 5.32 Å². The SMILES string of the molecule is COCC(C)CNCCCCn1ccnc1. The van der Waals surface area contributed by atoms with E-state index in [9.17, 15) is 0 Å². The lowest BCUT2D eigenvalue weighted by molar-refractivity contribution is 0.158. The second kappa shape index (κ2) is 8.30. The van der Waals surface area contributed by atoms with Gasteiger partial charge in [-0.2, -0.15) is 0 Å². The average molecular weight is 225 g/mol. The Bertz CT molecular complexity index is 249.